The predicted octanol–water partition coefficient (Wildman–Crippen LogP) is 0.767. The lowest BCUT2D eigenvalue weighted by atomic mass is 9.73. The molecule has 3 fully saturated rings. The Morgan fingerprint density at radius 3 is 2.65 bits per heavy atom. The smallest absolute Gasteiger partial charge is 0.336 e. The van der Waals surface area contributed by atoms with Crippen LogP contribution >= 0.6 is 0 Å². The van der Waals surface area contributed by atoms with E-state index >= 15 is 0 Å². The van der Waals surface area contributed by atoms with E-state index in [0.717, 1.165) is 43.5 Å². The van der Waals surface area contributed by atoms with Gasteiger partial charge in [-0.15, -0.1) is 5.10 Å². The highest BCUT2D eigenvalue weighted by Gasteiger charge is 2.56. The third kappa shape index (κ3) is 3.33. The van der Waals surface area contributed by atoms with Crippen molar-refractivity contribution in [3.05, 3.63) is 41.6 Å². The summed E-state index contributed by atoms with van der Waals surface area (Å²) in [4.78, 5) is 33.9. The number of amides is 1. The minimum atomic E-state index is -0.717. The standard InChI is InChI=1S/C23H27N7O4/c1-14-19(12-34-21(14)32)28-7-6-23(22(28)33)8-15-2-3-16(9-23)29(15)11-20(31)18-5-4-17(10-24-18)30-13-25-26-27-30/h4-5,10,13,15-16,20,31H,2-3,6-9,11-12H2,1H3/t15-,16-,20-/m1/s1. The van der Waals surface area contributed by atoms with E-state index in [9.17, 15) is 14.7 Å². The zero-order valence-corrected chi connectivity index (χ0v) is 19.0. The molecule has 4 aliphatic rings. The van der Waals surface area contributed by atoms with Crippen molar-refractivity contribution in [2.45, 2.75) is 57.2 Å². The van der Waals surface area contributed by atoms with Gasteiger partial charge < -0.3 is 14.7 Å². The zero-order valence-electron chi connectivity index (χ0n) is 19.0. The molecule has 0 aliphatic carbocycles. The van der Waals surface area contributed by atoms with Gasteiger partial charge >= 0.3 is 5.97 Å². The van der Waals surface area contributed by atoms with Crippen molar-refractivity contribution in [2.75, 3.05) is 19.7 Å². The Morgan fingerprint density at radius 2 is 2.03 bits per heavy atom. The highest BCUT2D eigenvalue weighted by atomic mass is 16.5. The summed E-state index contributed by atoms with van der Waals surface area (Å²) in [5.41, 5.74) is 2.23. The fraction of sp³-hybridized carbons (Fsp3) is 0.565. The highest BCUT2D eigenvalue weighted by Crippen LogP contribution is 2.52. The molecule has 2 bridgehead atoms. The number of nitrogens with zero attached hydrogens (tertiary/aromatic N) is 7. The molecule has 0 aromatic carbocycles. The van der Waals surface area contributed by atoms with E-state index in [-0.39, 0.29) is 36.0 Å². The number of carbonyl (C=O) groups excluding carboxylic acids is 2. The Hall–Kier alpha value is -3.18. The maximum atomic E-state index is 13.6. The molecule has 1 spiro atoms. The fourth-order valence-electron chi connectivity index (χ4n) is 6.25. The van der Waals surface area contributed by atoms with Crippen LogP contribution in [0.4, 0.5) is 0 Å². The molecule has 2 aromatic rings. The van der Waals surface area contributed by atoms with Gasteiger partial charge in [-0.3, -0.25) is 14.7 Å². The van der Waals surface area contributed by atoms with Crippen LogP contribution in [0.3, 0.4) is 0 Å². The van der Waals surface area contributed by atoms with Gasteiger partial charge in [0.2, 0.25) is 5.91 Å². The molecule has 6 heterocycles. The number of aromatic nitrogens is 5. The lowest BCUT2D eigenvalue weighted by Crippen LogP contribution is -2.51. The van der Waals surface area contributed by atoms with Crippen LogP contribution in [0.5, 0.6) is 0 Å². The molecule has 4 aliphatic heterocycles. The van der Waals surface area contributed by atoms with Gasteiger partial charge in [-0.1, -0.05) is 0 Å². The number of aliphatic hydroxyl groups is 1. The minimum Gasteiger partial charge on any atom is -0.456 e. The van der Waals surface area contributed by atoms with Crippen molar-refractivity contribution >= 4 is 11.9 Å². The largest absolute Gasteiger partial charge is 0.456 e. The van der Waals surface area contributed by atoms with Crippen LogP contribution in [0.25, 0.3) is 5.69 Å². The fourth-order valence-corrected chi connectivity index (χ4v) is 6.25. The third-order valence-corrected chi connectivity index (χ3v) is 8.05. The number of hydrogen-bond acceptors (Lipinski definition) is 9. The van der Waals surface area contributed by atoms with Gasteiger partial charge in [-0.05, 0) is 61.6 Å². The summed E-state index contributed by atoms with van der Waals surface area (Å²) >= 11 is 0. The first-order valence-corrected chi connectivity index (χ1v) is 11.8. The lowest BCUT2D eigenvalue weighted by Gasteiger charge is -2.44. The molecule has 0 radical (unpaired) electrons. The molecule has 0 unspecified atom stereocenters. The van der Waals surface area contributed by atoms with Gasteiger partial charge in [0.05, 0.1) is 34.3 Å². The monoisotopic (exact) mass is 465 g/mol. The van der Waals surface area contributed by atoms with Crippen molar-refractivity contribution in [3.8, 4) is 5.69 Å². The van der Waals surface area contributed by atoms with Crippen LogP contribution in [0, 0.1) is 5.41 Å². The van der Waals surface area contributed by atoms with Crippen LogP contribution in [0.15, 0.2) is 35.9 Å². The van der Waals surface area contributed by atoms with Crippen LogP contribution in [0.1, 0.15) is 50.8 Å². The Bertz CT molecular complexity index is 1130. The van der Waals surface area contributed by atoms with Crippen LogP contribution in [-0.4, -0.2) is 83.8 Å². The molecule has 178 valence electrons. The number of carbonyl (C=O) groups is 2. The Morgan fingerprint density at radius 1 is 1.24 bits per heavy atom. The molecule has 2 aromatic heterocycles. The van der Waals surface area contributed by atoms with Crippen molar-refractivity contribution < 1.29 is 19.4 Å². The van der Waals surface area contributed by atoms with Crippen molar-refractivity contribution in [1.29, 1.82) is 0 Å². The van der Waals surface area contributed by atoms with Crippen molar-refractivity contribution in [2.24, 2.45) is 5.41 Å². The number of hydrogen-bond donors (Lipinski definition) is 1. The van der Waals surface area contributed by atoms with Gasteiger partial charge in [0.1, 0.15) is 19.0 Å². The quantitative estimate of drug-likeness (QED) is 0.637. The van der Waals surface area contributed by atoms with Crippen LogP contribution in [-0.2, 0) is 14.3 Å². The summed E-state index contributed by atoms with van der Waals surface area (Å²) < 4.78 is 6.65. The number of rotatable bonds is 5. The van der Waals surface area contributed by atoms with E-state index in [2.05, 4.69) is 25.4 Å². The number of aliphatic hydroxyl groups excluding tert-OH is 1. The number of likely N-dealkylation sites (tertiary alicyclic amines) is 1. The maximum absolute atomic E-state index is 13.6. The first kappa shape index (κ1) is 21.4. The number of pyridine rings is 1. The first-order valence-electron chi connectivity index (χ1n) is 11.8. The van der Waals surface area contributed by atoms with Crippen molar-refractivity contribution in [3.63, 3.8) is 0 Å². The summed E-state index contributed by atoms with van der Waals surface area (Å²) in [5.74, 6) is -0.190. The number of piperidine rings is 1. The molecule has 1 N–H and O–H groups in total. The van der Waals surface area contributed by atoms with E-state index in [1.54, 1.807) is 24.1 Å². The molecule has 1 amide bonds. The van der Waals surface area contributed by atoms with Gasteiger partial charge in [0, 0.05) is 25.2 Å². The second-order valence-corrected chi connectivity index (χ2v) is 9.84. The Kier molecular flexibility index (Phi) is 4.99. The van der Waals surface area contributed by atoms with Crippen LogP contribution < -0.4 is 0 Å². The normalized spacial score (nSPS) is 30.0. The Labute approximate surface area is 196 Å². The SMILES string of the molecule is CC1=C(N2CCC3(C[C@H]4CC[C@H](C3)N4C[C@@H](O)c3ccc(-n4cnnn4)cn3)C2=O)COC1=O. The topological polar surface area (TPSA) is 127 Å². The zero-order chi connectivity index (χ0) is 23.4. The number of fused-ring (bicyclic) bond motifs is 2. The van der Waals surface area contributed by atoms with Gasteiger partial charge in [0.15, 0.2) is 0 Å². The molecule has 0 saturated carbocycles. The van der Waals surface area contributed by atoms with E-state index < -0.39 is 6.10 Å². The summed E-state index contributed by atoms with van der Waals surface area (Å²) in [5, 5.41) is 22.0. The van der Waals surface area contributed by atoms with Gasteiger partial charge in [-0.25, -0.2) is 4.79 Å². The number of ether oxygens (including phenoxy) is 1. The molecule has 3 saturated heterocycles. The number of tetrazole rings is 1. The maximum Gasteiger partial charge on any atom is 0.336 e. The van der Waals surface area contributed by atoms with Crippen LogP contribution in [0.2, 0.25) is 0 Å². The first-order chi connectivity index (χ1) is 16.4. The highest BCUT2D eigenvalue weighted by molar-refractivity contribution is 5.94. The molecule has 11 heteroatoms. The minimum absolute atomic E-state index is 0.136. The molecular formula is C23H27N7O4. The van der Waals surface area contributed by atoms with Gasteiger partial charge in [-0.2, -0.15) is 4.68 Å². The summed E-state index contributed by atoms with van der Waals surface area (Å²) in [7, 11) is 0. The average molecular weight is 466 g/mol. The number of esters is 1. The molecular weight excluding hydrogens is 438 g/mol. The molecule has 34 heavy (non-hydrogen) atoms. The van der Waals surface area contributed by atoms with E-state index in [1.165, 1.54) is 11.0 Å². The molecule has 3 atom stereocenters. The van der Waals surface area contributed by atoms with E-state index in [0.29, 0.717) is 24.4 Å². The Balaban J connectivity index is 1.14. The summed E-state index contributed by atoms with van der Waals surface area (Å²) in [6.07, 6.45) is 6.87. The molecule has 11 nitrogen and oxygen atoms in total. The third-order valence-electron chi connectivity index (χ3n) is 8.05. The number of cyclic esters (lactones) is 1. The van der Waals surface area contributed by atoms with E-state index in [1.807, 2.05) is 6.07 Å². The summed E-state index contributed by atoms with van der Waals surface area (Å²) in [6.45, 7) is 3.06. The second-order valence-electron chi connectivity index (χ2n) is 9.84. The molecule has 6 rings (SSSR count). The average Bonchev–Trinajstić information content (AvgIpc) is 3.60. The van der Waals surface area contributed by atoms with Gasteiger partial charge in [0.25, 0.3) is 0 Å². The van der Waals surface area contributed by atoms with E-state index in [4.69, 9.17) is 4.74 Å². The lowest BCUT2D eigenvalue weighted by molar-refractivity contribution is -0.140. The summed E-state index contributed by atoms with van der Waals surface area (Å²) in [6, 6.07) is 4.15. The van der Waals surface area contributed by atoms with Crippen molar-refractivity contribution in [1.82, 2.24) is 35.0 Å². The second kappa shape index (κ2) is 7.95. The predicted molar refractivity (Wildman–Crippen MR) is 117 cm³/mol.